The molecule has 5 nitrogen and oxygen atoms in total. The molecule has 4 aromatic heterocycles. The Morgan fingerprint density at radius 1 is 0.340 bits per heavy atom. The van der Waals surface area contributed by atoms with Gasteiger partial charge in [-0.25, -0.2) is 0 Å². The van der Waals surface area contributed by atoms with Crippen LogP contribution in [0.5, 0.6) is 0 Å². The number of aromatic nitrogens is 4. The van der Waals surface area contributed by atoms with Gasteiger partial charge < -0.3 is 23.6 Å². The van der Waals surface area contributed by atoms with E-state index in [1.54, 1.807) is 9.13 Å². The SMILES string of the molecule is [2H]c1c([2H])c([2H])c2c(c1[2H])c1c([2H])c([2H])c([2H])c([2H])c1n2-c1ccc2c(c1)N(c1c(-c3ccccc3)cccc1-c1ccccc1)c1c3c(cc4[nH]c5c(-c6ccccc6-c6ccccc6-c6ccccc6)cccc5c14)-n1c4ccc(C(C)(C)C)cc4c4cc(-n5c6c([2H])c([2H])c([2H])c([2H])c6c6c([2H])c([2H])c([2H])c([2H])c65)cc(c41)B23. The van der Waals surface area contributed by atoms with Gasteiger partial charge in [-0.3, -0.25) is 0 Å². The van der Waals surface area contributed by atoms with Gasteiger partial charge in [0.05, 0.1) is 71.9 Å². The van der Waals surface area contributed by atoms with Crippen molar-refractivity contribution in [1.29, 1.82) is 0 Å². The van der Waals surface area contributed by atoms with Gasteiger partial charge in [-0.2, -0.15) is 0 Å². The van der Waals surface area contributed by atoms with Crippen LogP contribution in [0.2, 0.25) is 0 Å². The Balaban J connectivity index is 0.988. The van der Waals surface area contributed by atoms with Crippen LogP contribution in [0.3, 0.4) is 0 Å². The lowest BCUT2D eigenvalue weighted by molar-refractivity contribution is 0.591. The van der Waals surface area contributed by atoms with Gasteiger partial charge in [0.25, 0.3) is 6.71 Å². The summed E-state index contributed by atoms with van der Waals surface area (Å²) in [5.74, 6) is 0. The maximum Gasteiger partial charge on any atom is 0.252 e. The number of hydrogen-bond donors (Lipinski definition) is 1. The van der Waals surface area contributed by atoms with Crippen molar-refractivity contribution in [1.82, 2.24) is 18.7 Å². The molecular weight excluding hydrogens is 1210 g/mol. The van der Waals surface area contributed by atoms with Crippen LogP contribution in [0, 0.1) is 0 Å². The second-order valence-corrected chi connectivity index (χ2v) is 27.1. The van der Waals surface area contributed by atoms with E-state index in [-0.39, 0.29) is 43.6 Å². The van der Waals surface area contributed by atoms with E-state index in [2.05, 4.69) is 181 Å². The van der Waals surface area contributed by atoms with Crippen molar-refractivity contribution in [3.8, 4) is 72.7 Å². The zero-order valence-electron chi connectivity index (χ0n) is 70.3. The van der Waals surface area contributed by atoms with E-state index >= 15 is 0 Å². The van der Waals surface area contributed by atoms with Crippen molar-refractivity contribution < 1.29 is 21.9 Å². The van der Waals surface area contributed by atoms with Crippen molar-refractivity contribution >= 4 is 127 Å². The number of nitrogens with one attached hydrogen (secondary N) is 1. The molecule has 0 atom stereocenters. The molecular formula is C94H64BN5. The van der Waals surface area contributed by atoms with E-state index < -0.39 is 109 Å². The molecule has 0 aliphatic carbocycles. The van der Waals surface area contributed by atoms with E-state index in [1.165, 1.54) is 0 Å². The van der Waals surface area contributed by atoms with Crippen molar-refractivity contribution in [3.05, 3.63) is 333 Å². The van der Waals surface area contributed by atoms with Crippen LogP contribution in [0.25, 0.3) is 160 Å². The summed E-state index contributed by atoms with van der Waals surface area (Å²) in [6.45, 7) is 5.62. The molecule has 0 fully saturated rings. The first-order valence-electron chi connectivity index (χ1n) is 41.6. The van der Waals surface area contributed by atoms with Crippen LogP contribution in [0.1, 0.15) is 48.3 Å². The van der Waals surface area contributed by atoms with Gasteiger partial charge in [-0.1, -0.05) is 281 Å². The minimum Gasteiger partial charge on any atom is -0.354 e. The summed E-state index contributed by atoms with van der Waals surface area (Å²) in [7, 11) is 0. The molecule has 0 spiro atoms. The molecule has 2 aliphatic rings. The molecule has 0 bridgehead atoms. The molecule has 0 saturated heterocycles. The number of hydrogen-bond acceptors (Lipinski definition) is 1. The highest BCUT2D eigenvalue weighted by molar-refractivity contribution is 7.00. The Morgan fingerprint density at radius 3 is 1.41 bits per heavy atom. The lowest BCUT2D eigenvalue weighted by Gasteiger charge is -2.42. The van der Waals surface area contributed by atoms with E-state index in [0.717, 1.165) is 127 Å². The third-order valence-corrected chi connectivity index (χ3v) is 20.8. The Morgan fingerprint density at radius 2 is 0.830 bits per heavy atom. The molecule has 100 heavy (non-hydrogen) atoms. The van der Waals surface area contributed by atoms with Crippen LogP contribution in [-0.2, 0) is 5.41 Å². The Kier molecular flexibility index (Phi) is 9.18. The summed E-state index contributed by atoms with van der Waals surface area (Å²) >= 11 is 0. The minimum absolute atomic E-state index is 0.0463. The van der Waals surface area contributed by atoms with Gasteiger partial charge in [0, 0.05) is 88.0 Å². The second kappa shape index (κ2) is 21.4. The second-order valence-electron chi connectivity index (χ2n) is 27.1. The predicted octanol–water partition coefficient (Wildman–Crippen LogP) is 22.9. The maximum atomic E-state index is 9.92. The predicted molar refractivity (Wildman–Crippen MR) is 424 cm³/mol. The molecule has 2 aliphatic heterocycles. The van der Waals surface area contributed by atoms with Crippen molar-refractivity contribution in [2.75, 3.05) is 4.90 Å². The first-order chi connectivity index (χ1) is 55.9. The fourth-order valence-electron chi connectivity index (χ4n) is 16.6. The van der Waals surface area contributed by atoms with Crippen LogP contribution in [0.15, 0.2) is 327 Å². The third-order valence-electron chi connectivity index (χ3n) is 20.8. The average molecular weight is 1290 g/mol. The summed E-state index contributed by atoms with van der Waals surface area (Å²) in [5, 5.41) is 2.90. The van der Waals surface area contributed by atoms with Crippen molar-refractivity contribution in [3.63, 3.8) is 0 Å². The van der Waals surface area contributed by atoms with Crippen LogP contribution in [-0.4, -0.2) is 25.4 Å². The number of anilines is 3. The number of H-pyrrole nitrogens is 1. The van der Waals surface area contributed by atoms with E-state index in [4.69, 9.17) is 5.48 Å². The van der Waals surface area contributed by atoms with E-state index in [0.29, 0.717) is 28.0 Å². The molecule has 0 radical (unpaired) electrons. The van der Waals surface area contributed by atoms with E-state index in [1.807, 2.05) is 84.9 Å². The number of aromatic amines is 1. The first-order valence-corrected chi connectivity index (χ1v) is 33.6. The summed E-state index contributed by atoms with van der Waals surface area (Å²) in [5.41, 5.74) is 18.7. The molecule has 15 aromatic carbocycles. The molecule has 1 N–H and O–H groups in total. The summed E-state index contributed by atoms with van der Waals surface area (Å²) in [6, 6.07) is 70.6. The number of para-hydroxylation sites is 6. The number of fused-ring (bicyclic) bond motifs is 17. The topological polar surface area (TPSA) is 33.8 Å². The Labute approximate surface area is 601 Å². The molecule has 0 amide bonds. The fourth-order valence-corrected chi connectivity index (χ4v) is 16.6. The first kappa shape index (κ1) is 42.8. The normalized spacial score (nSPS) is 14.9. The Hall–Kier alpha value is -12.6. The summed E-state index contributed by atoms with van der Waals surface area (Å²) in [4.78, 5) is 6.48. The van der Waals surface area contributed by atoms with Gasteiger partial charge >= 0.3 is 0 Å². The smallest absolute Gasteiger partial charge is 0.252 e. The van der Waals surface area contributed by atoms with Gasteiger partial charge in [-0.05, 0) is 133 Å². The molecule has 468 valence electrons. The summed E-state index contributed by atoms with van der Waals surface area (Å²) in [6.07, 6.45) is 0. The maximum absolute atomic E-state index is 9.92. The highest BCUT2D eigenvalue weighted by Crippen LogP contribution is 2.54. The fraction of sp³-hybridized carbons (Fsp3) is 0.0426. The van der Waals surface area contributed by atoms with Crippen molar-refractivity contribution in [2.24, 2.45) is 0 Å². The standard InChI is InChI=1S/C94H64BN5/c1-94(2,3)61-49-52-85-76(53-61)77-54-63(98-83-47-23-19-39-72(83)73-40-20-24-48-84(73)98)55-79-92(77)99(85)87-57-80-88(75-44-26-43-74(90(75)96-80)69-36-16-15-35-68(69)67-34-14-13-33-64(67)58-27-7-4-8-28-58)93-89(87)95(79)78-51-50-62(97-81-45-21-17-37-70(81)71-38-18-22-46-82(71)97)56-86(78)100(93)91-65(59-29-9-5-10-30-59)41-25-42-66(91)60-31-11-6-12-32-60/h4-57,96H,1-3H3/i17D,18D,19D,20D,21D,22D,23D,24D,37D,38D,39D,40D,45D,46D,47D,48D. The third kappa shape index (κ3) is 8.13. The summed E-state index contributed by atoms with van der Waals surface area (Å²) < 4.78 is 157. The largest absolute Gasteiger partial charge is 0.354 e. The zero-order valence-corrected chi connectivity index (χ0v) is 54.3. The quantitative estimate of drug-likeness (QED) is 0.151. The van der Waals surface area contributed by atoms with Gasteiger partial charge in [-0.15, -0.1) is 0 Å². The molecule has 19 aromatic rings. The molecule has 6 heterocycles. The number of rotatable bonds is 8. The molecule has 6 heteroatoms. The lowest BCUT2D eigenvalue weighted by Crippen LogP contribution is -2.60. The lowest BCUT2D eigenvalue weighted by atomic mass is 9.33. The van der Waals surface area contributed by atoms with E-state index in [9.17, 15) is 16.4 Å². The van der Waals surface area contributed by atoms with Crippen LogP contribution in [0.4, 0.5) is 17.1 Å². The van der Waals surface area contributed by atoms with Gasteiger partial charge in [0.15, 0.2) is 0 Å². The molecule has 21 rings (SSSR count). The molecule has 0 unspecified atom stereocenters. The van der Waals surface area contributed by atoms with Crippen LogP contribution < -0.4 is 21.3 Å². The average Bonchev–Trinajstić information content (AvgIpc) is 1.42. The van der Waals surface area contributed by atoms with Crippen molar-refractivity contribution in [2.45, 2.75) is 26.2 Å². The van der Waals surface area contributed by atoms with Crippen LogP contribution >= 0.6 is 0 Å². The highest BCUT2D eigenvalue weighted by atomic mass is 15.2. The number of benzene rings is 15. The highest BCUT2D eigenvalue weighted by Gasteiger charge is 2.45. The minimum atomic E-state index is -0.845. The van der Waals surface area contributed by atoms with Gasteiger partial charge in [0.1, 0.15) is 0 Å². The Bertz CT molecular complexity index is 7440. The monoisotopic (exact) mass is 1290 g/mol. The molecule has 0 saturated carbocycles. The number of nitrogens with zero attached hydrogens (tertiary/aromatic N) is 4. The zero-order chi connectivity index (χ0) is 80.0. The van der Waals surface area contributed by atoms with Gasteiger partial charge in [0.2, 0.25) is 0 Å².